The molecule has 7 heteroatoms. The number of rotatable bonds is 6. The third-order valence-electron chi connectivity index (χ3n) is 3.99. The Morgan fingerprint density at radius 2 is 1.93 bits per heavy atom. The first-order valence-electron chi connectivity index (χ1n) is 8.28. The van der Waals surface area contributed by atoms with Gasteiger partial charge in [0.15, 0.2) is 0 Å². The highest BCUT2D eigenvalue weighted by molar-refractivity contribution is 6.31. The first kappa shape index (κ1) is 20.3. The highest BCUT2D eigenvalue weighted by Crippen LogP contribution is 2.34. The van der Waals surface area contributed by atoms with Gasteiger partial charge >= 0.3 is 0 Å². The maximum atomic E-state index is 12.2. The Kier molecular flexibility index (Phi) is 6.80. The Morgan fingerprint density at radius 1 is 1.26 bits per heavy atom. The van der Waals surface area contributed by atoms with E-state index in [1.165, 1.54) is 18.9 Å². The standard InChI is InChI=1S/C20H20ClN3O3/c1-13-10-18(19(27-3)11-17(13)21)24(14(2)25)9-8-20(26)23-16-6-4-15(12-22)5-7-16/h4-7,10-11H,8-9H2,1-3H3,(H,23,26). The fourth-order valence-electron chi connectivity index (χ4n) is 2.53. The van der Waals surface area contributed by atoms with Crippen molar-refractivity contribution < 1.29 is 14.3 Å². The van der Waals surface area contributed by atoms with Crippen molar-refractivity contribution in [3.8, 4) is 11.8 Å². The SMILES string of the molecule is COc1cc(Cl)c(C)cc1N(CCC(=O)Nc1ccc(C#N)cc1)C(C)=O. The van der Waals surface area contributed by atoms with Crippen LogP contribution < -0.4 is 15.0 Å². The number of hydrogen-bond acceptors (Lipinski definition) is 4. The van der Waals surface area contributed by atoms with E-state index >= 15 is 0 Å². The van der Waals surface area contributed by atoms with Gasteiger partial charge in [0.2, 0.25) is 11.8 Å². The number of carbonyl (C=O) groups is 2. The Labute approximate surface area is 163 Å². The van der Waals surface area contributed by atoms with Gasteiger partial charge in [0, 0.05) is 36.7 Å². The number of nitrogens with zero attached hydrogens (tertiary/aromatic N) is 2. The van der Waals surface area contributed by atoms with Crippen LogP contribution in [0.5, 0.6) is 5.75 Å². The van der Waals surface area contributed by atoms with Gasteiger partial charge in [-0.05, 0) is 42.8 Å². The zero-order valence-electron chi connectivity index (χ0n) is 15.4. The molecule has 0 aliphatic heterocycles. The summed E-state index contributed by atoms with van der Waals surface area (Å²) in [5.74, 6) is 0.0186. The van der Waals surface area contributed by atoms with Crippen LogP contribution in [0.3, 0.4) is 0 Å². The maximum Gasteiger partial charge on any atom is 0.226 e. The second kappa shape index (κ2) is 9.06. The van der Waals surface area contributed by atoms with Crippen molar-refractivity contribution in [2.24, 2.45) is 0 Å². The summed E-state index contributed by atoms with van der Waals surface area (Å²) >= 11 is 6.12. The van der Waals surface area contributed by atoms with Crippen molar-refractivity contribution in [1.29, 1.82) is 5.26 Å². The van der Waals surface area contributed by atoms with E-state index < -0.39 is 0 Å². The molecule has 0 bridgehead atoms. The lowest BCUT2D eigenvalue weighted by Gasteiger charge is -2.24. The van der Waals surface area contributed by atoms with Gasteiger partial charge in [-0.25, -0.2) is 0 Å². The number of methoxy groups -OCH3 is 1. The first-order valence-corrected chi connectivity index (χ1v) is 8.65. The van der Waals surface area contributed by atoms with E-state index in [-0.39, 0.29) is 24.8 Å². The van der Waals surface area contributed by atoms with Gasteiger partial charge in [0.25, 0.3) is 0 Å². The molecule has 27 heavy (non-hydrogen) atoms. The van der Waals surface area contributed by atoms with Crippen LogP contribution >= 0.6 is 11.6 Å². The fraction of sp³-hybridized carbons (Fsp3) is 0.250. The molecule has 0 unspecified atom stereocenters. The number of aryl methyl sites for hydroxylation is 1. The molecule has 0 radical (unpaired) electrons. The molecule has 2 aromatic carbocycles. The number of amides is 2. The molecule has 0 spiro atoms. The Morgan fingerprint density at radius 3 is 2.48 bits per heavy atom. The Balaban J connectivity index is 2.10. The number of nitrogens with one attached hydrogen (secondary N) is 1. The van der Waals surface area contributed by atoms with E-state index in [1.54, 1.807) is 36.4 Å². The van der Waals surface area contributed by atoms with Crippen molar-refractivity contribution in [2.75, 3.05) is 23.9 Å². The first-order chi connectivity index (χ1) is 12.8. The van der Waals surface area contributed by atoms with Gasteiger partial charge in [-0.3, -0.25) is 9.59 Å². The molecule has 2 aromatic rings. The molecule has 0 aromatic heterocycles. The number of hydrogen-bond donors (Lipinski definition) is 1. The summed E-state index contributed by atoms with van der Waals surface area (Å²) in [6.45, 7) is 3.46. The molecule has 0 saturated heterocycles. The second-order valence-corrected chi connectivity index (χ2v) is 6.34. The van der Waals surface area contributed by atoms with Gasteiger partial charge in [-0.2, -0.15) is 5.26 Å². The molecule has 0 aliphatic carbocycles. The van der Waals surface area contributed by atoms with E-state index in [2.05, 4.69) is 5.32 Å². The minimum atomic E-state index is -0.240. The third kappa shape index (κ3) is 5.22. The van der Waals surface area contributed by atoms with Crippen LogP contribution in [0.25, 0.3) is 0 Å². The minimum Gasteiger partial charge on any atom is -0.495 e. The van der Waals surface area contributed by atoms with Crippen LogP contribution in [-0.4, -0.2) is 25.5 Å². The fourth-order valence-corrected chi connectivity index (χ4v) is 2.69. The molecule has 0 heterocycles. The van der Waals surface area contributed by atoms with Crippen LogP contribution in [0.1, 0.15) is 24.5 Å². The van der Waals surface area contributed by atoms with Crippen molar-refractivity contribution in [3.05, 3.63) is 52.5 Å². The van der Waals surface area contributed by atoms with Crippen molar-refractivity contribution in [1.82, 2.24) is 0 Å². The summed E-state index contributed by atoms with van der Waals surface area (Å²) in [6.07, 6.45) is 0.102. The van der Waals surface area contributed by atoms with Gasteiger partial charge in [-0.15, -0.1) is 0 Å². The molecular formula is C20H20ClN3O3. The molecular weight excluding hydrogens is 366 g/mol. The number of benzene rings is 2. The minimum absolute atomic E-state index is 0.102. The lowest BCUT2D eigenvalue weighted by molar-refractivity contribution is -0.117. The molecule has 2 amide bonds. The molecule has 0 saturated carbocycles. The Hall–Kier alpha value is -3.04. The lowest BCUT2D eigenvalue weighted by atomic mass is 10.1. The summed E-state index contributed by atoms with van der Waals surface area (Å²) < 4.78 is 5.33. The number of halogens is 1. The van der Waals surface area contributed by atoms with E-state index in [1.807, 2.05) is 13.0 Å². The zero-order chi connectivity index (χ0) is 20.0. The summed E-state index contributed by atoms with van der Waals surface area (Å²) in [6, 6.07) is 12.0. The van der Waals surface area contributed by atoms with Crippen LogP contribution in [-0.2, 0) is 9.59 Å². The van der Waals surface area contributed by atoms with Crippen LogP contribution in [0.4, 0.5) is 11.4 Å². The largest absolute Gasteiger partial charge is 0.495 e. The van der Waals surface area contributed by atoms with Crippen molar-refractivity contribution in [3.63, 3.8) is 0 Å². The number of nitriles is 1. The van der Waals surface area contributed by atoms with Gasteiger partial charge < -0.3 is 15.0 Å². The van der Waals surface area contributed by atoms with Gasteiger partial charge in [0.05, 0.1) is 24.4 Å². The van der Waals surface area contributed by atoms with Crippen LogP contribution in [0, 0.1) is 18.3 Å². The van der Waals surface area contributed by atoms with E-state index in [9.17, 15) is 9.59 Å². The highest BCUT2D eigenvalue weighted by atomic mass is 35.5. The molecule has 6 nitrogen and oxygen atoms in total. The molecule has 1 N–H and O–H groups in total. The molecule has 2 rings (SSSR count). The van der Waals surface area contributed by atoms with Crippen LogP contribution in [0.15, 0.2) is 36.4 Å². The molecule has 140 valence electrons. The number of ether oxygens (including phenoxy) is 1. The van der Waals surface area contributed by atoms with E-state index in [0.29, 0.717) is 27.7 Å². The third-order valence-corrected chi connectivity index (χ3v) is 4.40. The predicted molar refractivity (Wildman–Crippen MR) is 105 cm³/mol. The average molecular weight is 386 g/mol. The molecule has 0 fully saturated rings. The summed E-state index contributed by atoms with van der Waals surface area (Å²) in [5, 5.41) is 12.1. The van der Waals surface area contributed by atoms with Crippen LogP contribution in [0.2, 0.25) is 5.02 Å². The van der Waals surface area contributed by atoms with E-state index in [4.69, 9.17) is 21.6 Å². The monoisotopic (exact) mass is 385 g/mol. The van der Waals surface area contributed by atoms with E-state index in [0.717, 1.165) is 5.56 Å². The summed E-state index contributed by atoms with van der Waals surface area (Å²) in [4.78, 5) is 25.8. The number of anilines is 2. The van der Waals surface area contributed by atoms with Crippen molar-refractivity contribution >= 4 is 34.8 Å². The summed E-state index contributed by atoms with van der Waals surface area (Å²) in [5.41, 5.74) is 2.48. The molecule has 0 atom stereocenters. The average Bonchev–Trinajstić information content (AvgIpc) is 2.64. The predicted octanol–water partition coefficient (Wildman–Crippen LogP) is 3.91. The summed E-state index contributed by atoms with van der Waals surface area (Å²) in [7, 11) is 1.50. The zero-order valence-corrected chi connectivity index (χ0v) is 16.1. The normalized spacial score (nSPS) is 10.0. The van der Waals surface area contributed by atoms with Gasteiger partial charge in [0.1, 0.15) is 5.75 Å². The lowest BCUT2D eigenvalue weighted by Crippen LogP contribution is -2.32. The smallest absolute Gasteiger partial charge is 0.226 e. The maximum absolute atomic E-state index is 12.2. The molecule has 0 aliphatic rings. The highest BCUT2D eigenvalue weighted by Gasteiger charge is 2.19. The quantitative estimate of drug-likeness (QED) is 0.817. The topological polar surface area (TPSA) is 82.4 Å². The van der Waals surface area contributed by atoms with Gasteiger partial charge in [-0.1, -0.05) is 11.6 Å². The Bertz CT molecular complexity index is 889. The number of carbonyl (C=O) groups excluding carboxylic acids is 2. The second-order valence-electron chi connectivity index (χ2n) is 5.93. The van der Waals surface area contributed by atoms with Crippen molar-refractivity contribution in [2.45, 2.75) is 20.3 Å².